The second-order valence-corrected chi connectivity index (χ2v) is 6.07. The Balaban J connectivity index is 2.03. The summed E-state index contributed by atoms with van der Waals surface area (Å²) in [5, 5.41) is 13.7. The Bertz CT molecular complexity index is 825. The highest BCUT2D eigenvalue weighted by molar-refractivity contribution is 5.74. The molecule has 27 heavy (non-hydrogen) atoms. The molecule has 8 heteroatoms. The molecule has 0 heterocycles. The zero-order chi connectivity index (χ0) is 20.0. The van der Waals surface area contributed by atoms with Gasteiger partial charge in [0.05, 0.1) is 25.2 Å². The van der Waals surface area contributed by atoms with E-state index >= 15 is 0 Å². The van der Waals surface area contributed by atoms with Crippen LogP contribution in [0, 0.1) is 10.1 Å². The van der Waals surface area contributed by atoms with Crippen LogP contribution >= 0.6 is 0 Å². The van der Waals surface area contributed by atoms with Crippen molar-refractivity contribution in [1.29, 1.82) is 0 Å². The summed E-state index contributed by atoms with van der Waals surface area (Å²) in [6.07, 6.45) is 0. The predicted octanol–water partition coefficient (Wildman–Crippen LogP) is 3.51. The predicted molar refractivity (Wildman–Crippen MR) is 101 cm³/mol. The maximum atomic E-state index is 12.5. The fourth-order valence-electron chi connectivity index (χ4n) is 2.61. The molecule has 2 aromatic carbocycles. The molecule has 8 nitrogen and oxygen atoms in total. The molecule has 1 unspecified atom stereocenters. The number of urea groups is 1. The van der Waals surface area contributed by atoms with Crippen LogP contribution in [-0.2, 0) is 6.54 Å². The average molecular weight is 373 g/mol. The van der Waals surface area contributed by atoms with Gasteiger partial charge in [0.2, 0.25) is 0 Å². The third kappa shape index (κ3) is 5.10. The van der Waals surface area contributed by atoms with Crippen LogP contribution in [0.1, 0.15) is 24.1 Å². The molecule has 0 aliphatic heterocycles. The fraction of sp³-hybridized carbons (Fsp3) is 0.316. The van der Waals surface area contributed by atoms with Gasteiger partial charge in [-0.1, -0.05) is 18.2 Å². The van der Waals surface area contributed by atoms with Crippen molar-refractivity contribution in [2.75, 3.05) is 21.3 Å². The van der Waals surface area contributed by atoms with E-state index in [1.165, 1.54) is 17.0 Å². The van der Waals surface area contributed by atoms with Crippen molar-refractivity contribution in [1.82, 2.24) is 10.2 Å². The van der Waals surface area contributed by atoms with Gasteiger partial charge in [-0.25, -0.2) is 4.79 Å². The molecule has 0 aliphatic rings. The largest absolute Gasteiger partial charge is 0.493 e. The standard InChI is InChI=1S/C19H23N3O5/c1-13(15-6-5-7-16(11-15)22(24)25)20-19(23)21(2)12-14-8-9-17(26-3)18(10-14)27-4/h5-11,13H,12H2,1-4H3,(H,20,23). The Morgan fingerprint density at radius 2 is 1.89 bits per heavy atom. The molecular formula is C19H23N3O5. The SMILES string of the molecule is COc1ccc(CN(C)C(=O)NC(C)c2cccc([N+](=O)[O-])c2)cc1OC. The van der Waals surface area contributed by atoms with Crippen LogP contribution in [0.2, 0.25) is 0 Å². The Morgan fingerprint density at radius 1 is 1.19 bits per heavy atom. The van der Waals surface area contributed by atoms with Gasteiger partial charge in [-0.15, -0.1) is 0 Å². The average Bonchev–Trinajstić information content (AvgIpc) is 2.67. The number of hydrogen-bond donors (Lipinski definition) is 1. The molecule has 0 saturated carbocycles. The number of nitro groups is 1. The summed E-state index contributed by atoms with van der Waals surface area (Å²) in [4.78, 5) is 24.4. The molecule has 2 rings (SSSR count). The van der Waals surface area contributed by atoms with Crippen LogP contribution in [0.5, 0.6) is 11.5 Å². The highest BCUT2D eigenvalue weighted by Gasteiger charge is 2.16. The van der Waals surface area contributed by atoms with Gasteiger partial charge in [-0.05, 0) is 30.2 Å². The van der Waals surface area contributed by atoms with E-state index in [2.05, 4.69) is 5.32 Å². The zero-order valence-corrected chi connectivity index (χ0v) is 15.8. The zero-order valence-electron chi connectivity index (χ0n) is 15.8. The number of hydrogen-bond acceptors (Lipinski definition) is 5. The van der Waals surface area contributed by atoms with E-state index in [1.54, 1.807) is 46.4 Å². The molecule has 0 saturated heterocycles. The van der Waals surface area contributed by atoms with E-state index < -0.39 is 4.92 Å². The van der Waals surface area contributed by atoms with Gasteiger partial charge in [0.25, 0.3) is 5.69 Å². The smallest absolute Gasteiger partial charge is 0.317 e. The van der Waals surface area contributed by atoms with E-state index in [1.807, 2.05) is 12.1 Å². The topological polar surface area (TPSA) is 93.9 Å². The lowest BCUT2D eigenvalue weighted by Gasteiger charge is -2.22. The molecule has 0 aromatic heterocycles. The van der Waals surface area contributed by atoms with Gasteiger partial charge in [-0.3, -0.25) is 10.1 Å². The van der Waals surface area contributed by atoms with E-state index in [4.69, 9.17) is 9.47 Å². The van der Waals surface area contributed by atoms with Crippen LogP contribution in [0.25, 0.3) is 0 Å². The summed E-state index contributed by atoms with van der Waals surface area (Å²) in [6, 6.07) is 11.0. The summed E-state index contributed by atoms with van der Waals surface area (Å²) in [6.45, 7) is 2.15. The van der Waals surface area contributed by atoms with E-state index in [9.17, 15) is 14.9 Å². The Morgan fingerprint density at radius 3 is 2.52 bits per heavy atom. The number of nitrogens with one attached hydrogen (secondary N) is 1. The van der Waals surface area contributed by atoms with Gasteiger partial charge >= 0.3 is 6.03 Å². The van der Waals surface area contributed by atoms with Crippen molar-refractivity contribution in [3.8, 4) is 11.5 Å². The van der Waals surface area contributed by atoms with Crippen molar-refractivity contribution < 1.29 is 19.2 Å². The van der Waals surface area contributed by atoms with Crippen molar-refractivity contribution in [3.05, 3.63) is 63.7 Å². The summed E-state index contributed by atoms with van der Waals surface area (Å²) in [5.41, 5.74) is 1.54. The number of benzene rings is 2. The summed E-state index contributed by atoms with van der Waals surface area (Å²) in [5.74, 6) is 1.21. The molecule has 0 bridgehead atoms. The number of nitro benzene ring substituents is 1. The molecule has 2 amide bonds. The number of rotatable bonds is 7. The molecule has 144 valence electrons. The molecule has 0 radical (unpaired) electrons. The molecular weight excluding hydrogens is 350 g/mol. The Hall–Kier alpha value is -3.29. The molecule has 0 aliphatic carbocycles. The minimum atomic E-state index is -0.457. The first kappa shape index (κ1) is 20.0. The maximum absolute atomic E-state index is 12.5. The van der Waals surface area contributed by atoms with Gasteiger partial charge in [-0.2, -0.15) is 0 Å². The molecule has 0 fully saturated rings. The lowest BCUT2D eigenvalue weighted by Crippen LogP contribution is -2.38. The summed E-state index contributed by atoms with van der Waals surface area (Å²) < 4.78 is 10.5. The maximum Gasteiger partial charge on any atom is 0.317 e. The van der Waals surface area contributed by atoms with Crippen LogP contribution in [-0.4, -0.2) is 37.1 Å². The Kier molecular flexibility index (Phi) is 6.59. The first-order valence-electron chi connectivity index (χ1n) is 8.32. The van der Waals surface area contributed by atoms with E-state index in [-0.39, 0.29) is 17.8 Å². The third-order valence-corrected chi connectivity index (χ3v) is 4.14. The van der Waals surface area contributed by atoms with Crippen LogP contribution < -0.4 is 14.8 Å². The van der Waals surface area contributed by atoms with Gasteiger partial charge in [0.1, 0.15) is 0 Å². The number of amides is 2. The summed E-state index contributed by atoms with van der Waals surface area (Å²) in [7, 11) is 4.79. The van der Waals surface area contributed by atoms with E-state index in [0.29, 0.717) is 23.6 Å². The minimum Gasteiger partial charge on any atom is -0.493 e. The van der Waals surface area contributed by atoms with Crippen LogP contribution in [0.15, 0.2) is 42.5 Å². The van der Waals surface area contributed by atoms with Crippen molar-refractivity contribution in [3.63, 3.8) is 0 Å². The van der Waals surface area contributed by atoms with Gasteiger partial charge in [0.15, 0.2) is 11.5 Å². The highest BCUT2D eigenvalue weighted by atomic mass is 16.6. The second-order valence-electron chi connectivity index (χ2n) is 6.07. The Labute approximate surface area is 157 Å². The molecule has 1 N–H and O–H groups in total. The van der Waals surface area contributed by atoms with Crippen molar-refractivity contribution >= 4 is 11.7 Å². The van der Waals surface area contributed by atoms with Crippen LogP contribution in [0.4, 0.5) is 10.5 Å². The first-order valence-corrected chi connectivity index (χ1v) is 8.32. The van der Waals surface area contributed by atoms with Crippen molar-refractivity contribution in [2.24, 2.45) is 0 Å². The number of non-ortho nitro benzene ring substituents is 1. The molecule has 2 aromatic rings. The number of carbonyl (C=O) groups excluding carboxylic acids is 1. The van der Waals surface area contributed by atoms with Crippen molar-refractivity contribution in [2.45, 2.75) is 19.5 Å². The minimum absolute atomic E-state index is 0.00715. The third-order valence-electron chi connectivity index (χ3n) is 4.14. The normalized spacial score (nSPS) is 11.4. The number of methoxy groups -OCH3 is 2. The summed E-state index contributed by atoms with van der Waals surface area (Å²) >= 11 is 0. The lowest BCUT2D eigenvalue weighted by atomic mass is 10.1. The monoisotopic (exact) mass is 373 g/mol. The number of carbonyl (C=O) groups is 1. The lowest BCUT2D eigenvalue weighted by molar-refractivity contribution is -0.384. The number of ether oxygens (including phenoxy) is 2. The second kappa shape index (κ2) is 8.88. The fourth-order valence-corrected chi connectivity index (χ4v) is 2.61. The van der Waals surface area contributed by atoms with E-state index in [0.717, 1.165) is 5.56 Å². The van der Waals surface area contributed by atoms with Gasteiger partial charge in [0, 0.05) is 25.7 Å². The first-order chi connectivity index (χ1) is 12.8. The number of nitrogens with zero attached hydrogens (tertiary/aromatic N) is 2. The van der Waals surface area contributed by atoms with Crippen LogP contribution in [0.3, 0.4) is 0 Å². The molecule has 0 spiro atoms. The van der Waals surface area contributed by atoms with Gasteiger partial charge < -0.3 is 19.7 Å². The molecule has 1 atom stereocenters. The quantitative estimate of drug-likeness (QED) is 0.592. The highest BCUT2D eigenvalue weighted by Crippen LogP contribution is 2.28.